The van der Waals surface area contributed by atoms with Crippen molar-refractivity contribution >= 4 is 11.7 Å². The van der Waals surface area contributed by atoms with Crippen LogP contribution >= 0.6 is 0 Å². The Morgan fingerprint density at radius 2 is 2.08 bits per heavy atom. The van der Waals surface area contributed by atoms with E-state index in [9.17, 15) is 18.0 Å². The zero-order valence-electron chi connectivity index (χ0n) is 14.2. The van der Waals surface area contributed by atoms with Crippen LogP contribution in [0.1, 0.15) is 27.4 Å². The van der Waals surface area contributed by atoms with Gasteiger partial charge < -0.3 is 15.7 Å². The molecule has 1 amide bonds. The third-order valence-corrected chi connectivity index (χ3v) is 3.69. The molecule has 0 spiro atoms. The first-order valence-corrected chi connectivity index (χ1v) is 7.78. The van der Waals surface area contributed by atoms with Gasteiger partial charge in [-0.2, -0.15) is 18.3 Å². The lowest BCUT2D eigenvalue weighted by molar-refractivity contribution is -0.201. The summed E-state index contributed by atoms with van der Waals surface area (Å²) in [5.41, 5.74) is 2.23. The molecule has 0 radical (unpaired) electrons. The van der Waals surface area contributed by atoms with Crippen LogP contribution < -0.4 is 10.6 Å². The fourth-order valence-corrected chi connectivity index (χ4v) is 2.03. The highest BCUT2D eigenvalue weighted by Crippen LogP contribution is 2.19. The molecule has 0 aliphatic carbocycles. The number of carbonyl (C=O) groups is 1. The molecule has 26 heavy (non-hydrogen) atoms. The molecule has 0 saturated carbocycles. The van der Waals surface area contributed by atoms with Gasteiger partial charge in [-0.1, -0.05) is 0 Å². The van der Waals surface area contributed by atoms with E-state index in [4.69, 9.17) is 5.11 Å². The number of H-pyrrole nitrogens is 1. The van der Waals surface area contributed by atoms with E-state index in [1.165, 1.54) is 0 Å². The number of hydrogen-bond donors (Lipinski definition) is 4. The van der Waals surface area contributed by atoms with Crippen LogP contribution in [-0.4, -0.2) is 56.5 Å². The molecule has 142 valence electrons. The molecule has 0 aliphatic heterocycles. The van der Waals surface area contributed by atoms with Gasteiger partial charge in [0.15, 0.2) is 6.10 Å². The molecule has 0 fully saturated rings. The monoisotopic (exact) mass is 372 g/mol. The minimum atomic E-state index is -4.81. The standard InChI is InChI=1S/C15H19F3N6O2/c1-8-9(2)23-13(14(26)20-7-11(25)15(16,17)18)24-12(8)19-4-3-10-5-21-22-6-10/h5-6,11,25H,3-4,7H2,1-2H3,(H,20,26)(H,21,22)(H,19,23,24). The minimum absolute atomic E-state index is 0.270. The number of aromatic amines is 1. The molecule has 11 heteroatoms. The number of anilines is 1. The lowest BCUT2D eigenvalue weighted by Crippen LogP contribution is -2.41. The highest BCUT2D eigenvalue weighted by atomic mass is 19.4. The molecule has 8 nitrogen and oxygen atoms in total. The molecular formula is C15H19F3N6O2. The predicted molar refractivity (Wildman–Crippen MR) is 86.7 cm³/mol. The van der Waals surface area contributed by atoms with E-state index >= 15 is 0 Å². The molecule has 2 aromatic heterocycles. The Balaban J connectivity index is 2.02. The molecule has 0 aliphatic rings. The van der Waals surface area contributed by atoms with Crippen LogP contribution in [-0.2, 0) is 6.42 Å². The zero-order valence-corrected chi connectivity index (χ0v) is 14.2. The maximum absolute atomic E-state index is 12.3. The van der Waals surface area contributed by atoms with Crippen molar-refractivity contribution in [1.29, 1.82) is 0 Å². The van der Waals surface area contributed by atoms with Gasteiger partial charge in [0.05, 0.1) is 12.7 Å². The number of amides is 1. The Bertz CT molecular complexity index is 749. The number of alkyl halides is 3. The summed E-state index contributed by atoms with van der Waals surface area (Å²) in [5, 5.41) is 20.5. The van der Waals surface area contributed by atoms with E-state index in [1.54, 1.807) is 26.2 Å². The van der Waals surface area contributed by atoms with Crippen molar-refractivity contribution in [2.45, 2.75) is 32.5 Å². The third kappa shape index (κ3) is 5.15. The van der Waals surface area contributed by atoms with Gasteiger partial charge in [0.1, 0.15) is 5.82 Å². The smallest absolute Gasteiger partial charge is 0.382 e. The second-order valence-corrected chi connectivity index (χ2v) is 5.66. The number of halogens is 3. The average Bonchev–Trinajstić information content (AvgIpc) is 3.08. The lowest BCUT2D eigenvalue weighted by atomic mass is 10.2. The van der Waals surface area contributed by atoms with Crippen LogP contribution in [0.4, 0.5) is 19.0 Å². The van der Waals surface area contributed by atoms with Gasteiger partial charge in [0, 0.05) is 24.0 Å². The second-order valence-electron chi connectivity index (χ2n) is 5.66. The quantitative estimate of drug-likeness (QED) is 0.579. The number of aromatic nitrogens is 4. The van der Waals surface area contributed by atoms with Crippen LogP contribution in [0.2, 0.25) is 0 Å². The number of aryl methyl sites for hydroxylation is 1. The van der Waals surface area contributed by atoms with Gasteiger partial charge >= 0.3 is 6.18 Å². The van der Waals surface area contributed by atoms with E-state index in [2.05, 4.69) is 25.5 Å². The summed E-state index contributed by atoms with van der Waals surface area (Å²) in [7, 11) is 0. The van der Waals surface area contributed by atoms with Crippen LogP contribution in [0, 0.1) is 13.8 Å². The molecule has 0 aromatic carbocycles. The summed E-state index contributed by atoms with van der Waals surface area (Å²) in [5.74, 6) is -0.745. The van der Waals surface area contributed by atoms with Gasteiger partial charge in [0.2, 0.25) is 5.82 Å². The summed E-state index contributed by atoms with van der Waals surface area (Å²) < 4.78 is 36.9. The van der Waals surface area contributed by atoms with Gasteiger partial charge in [-0.15, -0.1) is 0 Å². The fourth-order valence-electron chi connectivity index (χ4n) is 2.03. The van der Waals surface area contributed by atoms with Crippen molar-refractivity contribution < 1.29 is 23.1 Å². The number of nitrogens with one attached hydrogen (secondary N) is 3. The number of rotatable bonds is 7. The van der Waals surface area contributed by atoms with E-state index in [-0.39, 0.29) is 5.82 Å². The fraction of sp³-hybridized carbons (Fsp3) is 0.467. The molecule has 1 atom stereocenters. The van der Waals surface area contributed by atoms with Crippen LogP contribution in [0.15, 0.2) is 12.4 Å². The summed E-state index contributed by atoms with van der Waals surface area (Å²) in [4.78, 5) is 20.1. The van der Waals surface area contributed by atoms with Crippen molar-refractivity contribution in [3.8, 4) is 0 Å². The normalized spacial score (nSPS) is 12.7. The van der Waals surface area contributed by atoms with Crippen LogP contribution in [0.5, 0.6) is 0 Å². The van der Waals surface area contributed by atoms with Crippen LogP contribution in [0.25, 0.3) is 0 Å². The van der Waals surface area contributed by atoms with Gasteiger partial charge in [-0.3, -0.25) is 9.89 Å². The number of aliphatic hydroxyl groups excluding tert-OH is 1. The summed E-state index contributed by atoms with van der Waals surface area (Å²) in [6.07, 6.45) is -3.35. The molecule has 2 heterocycles. The number of nitrogens with zero attached hydrogens (tertiary/aromatic N) is 3. The second kappa shape index (κ2) is 8.13. The topological polar surface area (TPSA) is 116 Å². The van der Waals surface area contributed by atoms with Crippen LogP contribution in [0.3, 0.4) is 0 Å². The van der Waals surface area contributed by atoms with Crippen molar-refractivity contribution in [2.75, 3.05) is 18.4 Å². The Kier molecular flexibility index (Phi) is 6.14. The maximum atomic E-state index is 12.3. The molecule has 4 N–H and O–H groups in total. The Labute approximate surface area is 147 Å². The number of aliphatic hydroxyl groups is 1. The lowest BCUT2D eigenvalue weighted by Gasteiger charge is -2.15. The number of carbonyl (C=O) groups excluding carboxylic acids is 1. The molecule has 2 rings (SSSR count). The molecule has 0 bridgehead atoms. The summed E-state index contributed by atoms with van der Waals surface area (Å²) in [6, 6.07) is 0. The molecule has 0 saturated heterocycles. The van der Waals surface area contributed by atoms with Crippen molar-refractivity contribution in [1.82, 2.24) is 25.5 Å². The highest BCUT2D eigenvalue weighted by Gasteiger charge is 2.38. The Hall–Kier alpha value is -2.69. The van der Waals surface area contributed by atoms with Crippen molar-refractivity contribution in [3.63, 3.8) is 0 Å². The van der Waals surface area contributed by atoms with E-state index in [0.717, 1.165) is 11.1 Å². The van der Waals surface area contributed by atoms with Gasteiger partial charge in [0.25, 0.3) is 5.91 Å². The first-order chi connectivity index (χ1) is 12.2. The largest absolute Gasteiger partial charge is 0.416 e. The zero-order chi connectivity index (χ0) is 19.3. The minimum Gasteiger partial charge on any atom is -0.382 e. The average molecular weight is 372 g/mol. The van der Waals surface area contributed by atoms with Crippen molar-refractivity contribution in [3.05, 3.63) is 35.0 Å². The van der Waals surface area contributed by atoms with E-state index in [0.29, 0.717) is 24.5 Å². The summed E-state index contributed by atoms with van der Waals surface area (Å²) >= 11 is 0. The highest BCUT2D eigenvalue weighted by molar-refractivity contribution is 5.91. The van der Waals surface area contributed by atoms with E-state index < -0.39 is 24.7 Å². The van der Waals surface area contributed by atoms with Crippen molar-refractivity contribution in [2.24, 2.45) is 0 Å². The van der Waals surface area contributed by atoms with E-state index in [1.807, 2.05) is 5.32 Å². The molecule has 2 aromatic rings. The first-order valence-electron chi connectivity index (χ1n) is 7.78. The Morgan fingerprint density at radius 3 is 2.69 bits per heavy atom. The SMILES string of the molecule is Cc1nc(C(=O)NCC(O)C(F)(F)F)nc(NCCc2cn[nH]c2)c1C. The number of hydrogen-bond acceptors (Lipinski definition) is 6. The maximum Gasteiger partial charge on any atom is 0.416 e. The molecular weight excluding hydrogens is 353 g/mol. The third-order valence-electron chi connectivity index (χ3n) is 3.69. The van der Waals surface area contributed by atoms with Gasteiger partial charge in [-0.05, 0) is 25.8 Å². The Morgan fingerprint density at radius 1 is 1.35 bits per heavy atom. The predicted octanol–water partition coefficient (Wildman–Crippen LogP) is 1.12. The first kappa shape index (κ1) is 19.6. The summed E-state index contributed by atoms with van der Waals surface area (Å²) in [6.45, 7) is 2.98. The van der Waals surface area contributed by atoms with Gasteiger partial charge in [-0.25, -0.2) is 9.97 Å². The molecule has 1 unspecified atom stereocenters.